The zero-order chi connectivity index (χ0) is 14.5. The van der Waals surface area contributed by atoms with Crippen molar-refractivity contribution in [2.45, 2.75) is 6.54 Å². The molecule has 0 aliphatic heterocycles. The van der Waals surface area contributed by atoms with Crippen molar-refractivity contribution in [3.8, 4) is 0 Å². The van der Waals surface area contributed by atoms with Crippen LogP contribution in [0, 0.1) is 0 Å². The molecule has 3 rings (SSSR count). The maximum absolute atomic E-state index is 5.96. The number of rotatable bonds is 4. The molecular weight excluding hydrogens is 282 g/mol. The summed E-state index contributed by atoms with van der Waals surface area (Å²) in [5.41, 5.74) is 3.10. The molecule has 0 atom stereocenters. The van der Waals surface area contributed by atoms with Crippen molar-refractivity contribution in [2.75, 3.05) is 0 Å². The highest BCUT2D eigenvalue weighted by Crippen LogP contribution is 2.16. The summed E-state index contributed by atoms with van der Waals surface area (Å²) >= 11 is 5.96. The second-order valence-electron chi connectivity index (χ2n) is 4.72. The predicted molar refractivity (Wildman–Crippen MR) is 86.5 cm³/mol. The summed E-state index contributed by atoms with van der Waals surface area (Å²) in [6.07, 6.45) is 7.35. The van der Waals surface area contributed by atoms with Crippen LogP contribution in [-0.2, 0) is 6.54 Å². The lowest BCUT2D eigenvalue weighted by Crippen LogP contribution is -1.95. The molecule has 0 aliphatic carbocycles. The van der Waals surface area contributed by atoms with Gasteiger partial charge in [0.05, 0.1) is 12.0 Å². The molecule has 0 bridgehead atoms. The number of nitrogens with zero attached hydrogens (tertiary/aromatic N) is 3. The Morgan fingerprint density at radius 2 is 2.05 bits per heavy atom. The number of imidazole rings is 1. The lowest BCUT2D eigenvalue weighted by Gasteiger charge is -2.03. The van der Waals surface area contributed by atoms with Crippen molar-refractivity contribution >= 4 is 23.5 Å². The molecule has 0 fully saturated rings. The maximum atomic E-state index is 5.96. The SMILES string of the molecule is Clc1cccc(C=Nc2cccc(Cn3ccnc3)c2)c1. The molecule has 0 spiro atoms. The van der Waals surface area contributed by atoms with E-state index >= 15 is 0 Å². The standard InChI is InChI=1S/C17H14ClN3/c18-16-5-1-3-14(9-16)11-20-17-6-2-4-15(10-17)12-21-8-7-19-13-21/h1-11,13H,12H2. The average Bonchev–Trinajstić information content (AvgIpc) is 2.99. The summed E-state index contributed by atoms with van der Waals surface area (Å²) in [5, 5.41) is 0.716. The molecule has 0 unspecified atom stereocenters. The summed E-state index contributed by atoms with van der Waals surface area (Å²) in [6, 6.07) is 15.8. The van der Waals surface area contributed by atoms with Gasteiger partial charge in [0.2, 0.25) is 0 Å². The predicted octanol–water partition coefficient (Wildman–Crippen LogP) is 4.34. The summed E-state index contributed by atoms with van der Waals surface area (Å²) in [4.78, 5) is 8.54. The van der Waals surface area contributed by atoms with Gasteiger partial charge < -0.3 is 4.57 Å². The topological polar surface area (TPSA) is 30.2 Å². The molecule has 21 heavy (non-hydrogen) atoms. The Labute approximate surface area is 128 Å². The molecule has 0 aliphatic rings. The van der Waals surface area contributed by atoms with E-state index in [-0.39, 0.29) is 0 Å². The molecule has 1 aromatic heterocycles. The molecule has 3 aromatic rings. The Bertz CT molecular complexity index is 748. The van der Waals surface area contributed by atoms with Crippen molar-refractivity contribution < 1.29 is 0 Å². The highest BCUT2D eigenvalue weighted by atomic mass is 35.5. The molecule has 1 heterocycles. The van der Waals surface area contributed by atoms with E-state index in [1.54, 1.807) is 6.20 Å². The molecule has 104 valence electrons. The number of halogens is 1. The summed E-state index contributed by atoms with van der Waals surface area (Å²) in [5.74, 6) is 0. The largest absolute Gasteiger partial charge is 0.333 e. The molecule has 0 N–H and O–H groups in total. The van der Waals surface area contributed by atoms with Gasteiger partial charge in [0, 0.05) is 30.2 Å². The first-order valence-corrected chi connectivity index (χ1v) is 7.02. The molecular formula is C17H14ClN3. The number of benzene rings is 2. The van der Waals surface area contributed by atoms with Gasteiger partial charge in [-0.25, -0.2) is 4.98 Å². The van der Waals surface area contributed by atoms with Crippen molar-refractivity contribution in [3.05, 3.63) is 83.4 Å². The van der Waals surface area contributed by atoms with E-state index in [0.29, 0.717) is 5.02 Å². The van der Waals surface area contributed by atoms with E-state index in [1.807, 2.05) is 59.7 Å². The average molecular weight is 296 g/mol. The van der Waals surface area contributed by atoms with Crippen LogP contribution in [0.2, 0.25) is 5.02 Å². The van der Waals surface area contributed by atoms with Crippen LogP contribution < -0.4 is 0 Å². The lowest BCUT2D eigenvalue weighted by molar-refractivity contribution is 0.797. The first kappa shape index (κ1) is 13.6. The smallest absolute Gasteiger partial charge is 0.0949 e. The van der Waals surface area contributed by atoms with Crippen LogP contribution in [0.5, 0.6) is 0 Å². The van der Waals surface area contributed by atoms with Gasteiger partial charge in [-0.3, -0.25) is 4.99 Å². The lowest BCUT2D eigenvalue weighted by atomic mass is 10.2. The first-order chi connectivity index (χ1) is 10.3. The van der Waals surface area contributed by atoms with Crippen LogP contribution in [-0.4, -0.2) is 15.8 Å². The van der Waals surface area contributed by atoms with E-state index in [9.17, 15) is 0 Å². The normalized spacial score (nSPS) is 11.1. The summed E-state index contributed by atoms with van der Waals surface area (Å²) in [6.45, 7) is 0.792. The highest BCUT2D eigenvalue weighted by Gasteiger charge is 1.96. The zero-order valence-electron chi connectivity index (χ0n) is 11.4. The number of hydrogen-bond acceptors (Lipinski definition) is 2. The van der Waals surface area contributed by atoms with E-state index in [2.05, 4.69) is 22.1 Å². The van der Waals surface area contributed by atoms with Gasteiger partial charge in [0.15, 0.2) is 0 Å². The molecule has 4 heteroatoms. The molecule has 0 amide bonds. The van der Waals surface area contributed by atoms with Crippen molar-refractivity contribution in [1.82, 2.24) is 9.55 Å². The van der Waals surface area contributed by atoms with Crippen molar-refractivity contribution in [3.63, 3.8) is 0 Å². The van der Waals surface area contributed by atoms with Gasteiger partial charge in [-0.15, -0.1) is 0 Å². The third-order valence-corrected chi connectivity index (χ3v) is 3.28. The fourth-order valence-electron chi connectivity index (χ4n) is 2.06. The number of aliphatic imine (C=N–C) groups is 1. The zero-order valence-corrected chi connectivity index (χ0v) is 12.1. The highest BCUT2D eigenvalue weighted by molar-refractivity contribution is 6.30. The fourth-order valence-corrected chi connectivity index (χ4v) is 2.26. The molecule has 0 radical (unpaired) electrons. The minimum Gasteiger partial charge on any atom is -0.333 e. The molecule has 2 aromatic carbocycles. The minimum absolute atomic E-state index is 0.716. The quantitative estimate of drug-likeness (QED) is 0.659. The Kier molecular flexibility index (Phi) is 4.12. The van der Waals surface area contributed by atoms with Gasteiger partial charge in [0.1, 0.15) is 0 Å². The Hall–Kier alpha value is -2.39. The van der Waals surface area contributed by atoms with Gasteiger partial charge >= 0.3 is 0 Å². The number of aromatic nitrogens is 2. The van der Waals surface area contributed by atoms with Crippen LogP contribution in [0.25, 0.3) is 0 Å². The van der Waals surface area contributed by atoms with Gasteiger partial charge in [-0.05, 0) is 35.4 Å². The van der Waals surface area contributed by atoms with Crippen molar-refractivity contribution in [2.24, 2.45) is 4.99 Å². The summed E-state index contributed by atoms with van der Waals surface area (Å²) < 4.78 is 2.03. The van der Waals surface area contributed by atoms with Crippen LogP contribution in [0.15, 0.2) is 72.2 Å². The van der Waals surface area contributed by atoms with Gasteiger partial charge in [-0.1, -0.05) is 35.9 Å². The van der Waals surface area contributed by atoms with Crippen molar-refractivity contribution in [1.29, 1.82) is 0 Å². The second kappa shape index (κ2) is 6.37. The van der Waals surface area contributed by atoms with E-state index < -0.39 is 0 Å². The third-order valence-electron chi connectivity index (χ3n) is 3.05. The summed E-state index contributed by atoms with van der Waals surface area (Å²) in [7, 11) is 0. The Morgan fingerprint density at radius 1 is 1.14 bits per heavy atom. The number of hydrogen-bond donors (Lipinski definition) is 0. The van der Waals surface area contributed by atoms with Crippen LogP contribution in [0.4, 0.5) is 5.69 Å². The van der Waals surface area contributed by atoms with E-state index in [4.69, 9.17) is 11.6 Å². The van der Waals surface area contributed by atoms with Gasteiger partial charge in [0.25, 0.3) is 0 Å². The Morgan fingerprint density at radius 3 is 2.86 bits per heavy atom. The molecule has 0 saturated heterocycles. The van der Waals surface area contributed by atoms with E-state index in [1.165, 1.54) is 5.56 Å². The molecule has 3 nitrogen and oxygen atoms in total. The third kappa shape index (κ3) is 3.80. The molecule has 0 saturated carbocycles. The minimum atomic E-state index is 0.716. The fraction of sp³-hybridized carbons (Fsp3) is 0.0588. The monoisotopic (exact) mass is 295 g/mol. The Balaban J connectivity index is 1.76. The van der Waals surface area contributed by atoms with Crippen LogP contribution in [0.3, 0.4) is 0 Å². The van der Waals surface area contributed by atoms with Crippen LogP contribution >= 0.6 is 11.6 Å². The van der Waals surface area contributed by atoms with E-state index in [0.717, 1.165) is 17.8 Å². The maximum Gasteiger partial charge on any atom is 0.0949 e. The van der Waals surface area contributed by atoms with Crippen LogP contribution in [0.1, 0.15) is 11.1 Å². The first-order valence-electron chi connectivity index (χ1n) is 6.64. The van der Waals surface area contributed by atoms with Gasteiger partial charge in [-0.2, -0.15) is 0 Å². The second-order valence-corrected chi connectivity index (χ2v) is 5.15.